The van der Waals surface area contributed by atoms with Gasteiger partial charge in [0.25, 0.3) is 5.91 Å². The van der Waals surface area contributed by atoms with Crippen molar-refractivity contribution in [3.63, 3.8) is 0 Å². The van der Waals surface area contributed by atoms with Crippen molar-refractivity contribution in [2.75, 3.05) is 6.61 Å². The molecule has 0 saturated carbocycles. The molecule has 2 N–H and O–H groups in total. The summed E-state index contributed by atoms with van der Waals surface area (Å²) in [5.41, 5.74) is 0. The lowest BCUT2D eigenvalue weighted by Crippen LogP contribution is -2.46. The van der Waals surface area contributed by atoms with Crippen LogP contribution in [0.5, 0.6) is 17.4 Å². The molecule has 0 saturated heterocycles. The molecule has 26 heavy (non-hydrogen) atoms. The van der Waals surface area contributed by atoms with Crippen LogP contribution in [0.3, 0.4) is 0 Å². The lowest BCUT2D eigenvalue weighted by molar-refractivity contribution is -0.143. The molecule has 0 fully saturated rings. The third-order valence-electron chi connectivity index (χ3n) is 3.85. The number of ether oxygens (including phenoxy) is 2. The first-order valence-corrected chi connectivity index (χ1v) is 8.33. The average molecular weight is 358 g/mol. The molecule has 138 valence electrons. The Morgan fingerprint density at radius 3 is 2.42 bits per heavy atom. The van der Waals surface area contributed by atoms with Crippen molar-refractivity contribution in [2.24, 2.45) is 5.92 Å². The number of carboxylic acids is 1. The van der Waals surface area contributed by atoms with Crippen LogP contribution in [0.25, 0.3) is 0 Å². The standard InChI is InChI=1S/C19H22N2O5/c1-3-13(2)18(19(23)24)21-16(22)12-25-14-7-9-15(10-8-14)26-17-6-4-5-11-20-17/h4-11,13,18H,3,12H2,1-2H3,(H,21,22)(H,23,24)/t13-,18-/m0/s1. The van der Waals surface area contributed by atoms with Crippen LogP contribution in [0.4, 0.5) is 0 Å². The molecule has 2 atom stereocenters. The zero-order chi connectivity index (χ0) is 18.9. The van der Waals surface area contributed by atoms with E-state index in [0.29, 0.717) is 23.8 Å². The Balaban J connectivity index is 1.85. The molecule has 1 aromatic carbocycles. The number of carbonyl (C=O) groups excluding carboxylic acids is 1. The SMILES string of the molecule is CC[C@H](C)[C@H](NC(=O)COc1ccc(Oc2ccccn2)cc1)C(=O)O. The Bertz CT molecular complexity index is 718. The van der Waals surface area contributed by atoms with Gasteiger partial charge >= 0.3 is 5.97 Å². The Kier molecular flexibility index (Phi) is 6.96. The van der Waals surface area contributed by atoms with Crippen LogP contribution in [-0.4, -0.2) is 34.6 Å². The van der Waals surface area contributed by atoms with Crippen molar-refractivity contribution in [2.45, 2.75) is 26.3 Å². The highest BCUT2D eigenvalue weighted by molar-refractivity contribution is 5.84. The van der Waals surface area contributed by atoms with Crippen molar-refractivity contribution < 1.29 is 24.2 Å². The fraction of sp³-hybridized carbons (Fsp3) is 0.316. The van der Waals surface area contributed by atoms with Crippen LogP contribution >= 0.6 is 0 Å². The van der Waals surface area contributed by atoms with Crippen molar-refractivity contribution >= 4 is 11.9 Å². The Hall–Kier alpha value is -3.09. The van der Waals surface area contributed by atoms with E-state index < -0.39 is 17.9 Å². The molecule has 2 rings (SSSR count). The summed E-state index contributed by atoms with van der Waals surface area (Å²) >= 11 is 0. The van der Waals surface area contributed by atoms with Crippen molar-refractivity contribution in [1.82, 2.24) is 10.3 Å². The number of nitrogens with one attached hydrogen (secondary N) is 1. The number of amides is 1. The normalized spacial score (nSPS) is 12.7. The van der Waals surface area contributed by atoms with E-state index in [1.807, 2.05) is 13.0 Å². The highest BCUT2D eigenvalue weighted by Crippen LogP contribution is 2.22. The van der Waals surface area contributed by atoms with Gasteiger partial charge in [0.15, 0.2) is 6.61 Å². The van der Waals surface area contributed by atoms with E-state index in [9.17, 15) is 14.7 Å². The van der Waals surface area contributed by atoms with Crippen molar-refractivity contribution in [3.8, 4) is 17.4 Å². The number of hydrogen-bond donors (Lipinski definition) is 2. The first-order chi connectivity index (χ1) is 12.5. The molecule has 0 aliphatic carbocycles. The number of rotatable bonds is 9. The molecule has 0 radical (unpaired) electrons. The van der Waals surface area contributed by atoms with Gasteiger partial charge in [0.2, 0.25) is 5.88 Å². The highest BCUT2D eigenvalue weighted by Gasteiger charge is 2.25. The first kappa shape index (κ1) is 19.2. The van der Waals surface area contributed by atoms with Crippen LogP contribution < -0.4 is 14.8 Å². The highest BCUT2D eigenvalue weighted by atomic mass is 16.5. The second-order valence-corrected chi connectivity index (χ2v) is 5.80. The number of carboxylic acid groups (broad SMARTS) is 1. The quantitative estimate of drug-likeness (QED) is 0.715. The van der Waals surface area contributed by atoms with E-state index in [0.717, 1.165) is 0 Å². The molecule has 0 unspecified atom stereocenters. The van der Waals surface area contributed by atoms with Gasteiger partial charge in [-0.2, -0.15) is 0 Å². The minimum Gasteiger partial charge on any atom is -0.484 e. The van der Waals surface area contributed by atoms with E-state index in [1.54, 1.807) is 49.5 Å². The molecular formula is C19H22N2O5. The Morgan fingerprint density at radius 1 is 1.15 bits per heavy atom. The third-order valence-corrected chi connectivity index (χ3v) is 3.85. The van der Waals surface area contributed by atoms with Crippen molar-refractivity contribution in [1.29, 1.82) is 0 Å². The minimum absolute atomic E-state index is 0.167. The van der Waals surface area contributed by atoms with Gasteiger partial charge in [0.1, 0.15) is 17.5 Å². The van der Waals surface area contributed by atoms with Crippen LogP contribution in [-0.2, 0) is 9.59 Å². The number of nitrogens with zero attached hydrogens (tertiary/aromatic N) is 1. The summed E-state index contributed by atoms with van der Waals surface area (Å²) in [5.74, 6) is -0.160. The molecule has 7 heteroatoms. The van der Waals surface area contributed by atoms with Crippen LogP contribution in [0.15, 0.2) is 48.7 Å². The number of hydrogen-bond acceptors (Lipinski definition) is 5. The lowest BCUT2D eigenvalue weighted by atomic mass is 9.99. The maximum Gasteiger partial charge on any atom is 0.326 e. The Labute approximate surface area is 152 Å². The Morgan fingerprint density at radius 2 is 1.85 bits per heavy atom. The fourth-order valence-corrected chi connectivity index (χ4v) is 2.18. The molecular weight excluding hydrogens is 336 g/mol. The third kappa shape index (κ3) is 5.77. The van der Waals surface area contributed by atoms with E-state index in [1.165, 1.54) is 0 Å². The zero-order valence-corrected chi connectivity index (χ0v) is 14.7. The van der Waals surface area contributed by atoms with E-state index in [-0.39, 0.29) is 12.5 Å². The number of aromatic nitrogens is 1. The van der Waals surface area contributed by atoms with Gasteiger partial charge in [-0.25, -0.2) is 9.78 Å². The predicted molar refractivity (Wildman–Crippen MR) is 95.3 cm³/mol. The van der Waals surface area contributed by atoms with Crippen LogP contribution in [0, 0.1) is 5.92 Å². The van der Waals surface area contributed by atoms with E-state index in [4.69, 9.17) is 9.47 Å². The fourth-order valence-electron chi connectivity index (χ4n) is 2.18. The maximum atomic E-state index is 11.9. The summed E-state index contributed by atoms with van der Waals surface area (Å²) in [4.78, 5) is 27.2. The summed E-state index contributed by atoms with van der Waals surface area (Å²) in [7, 11) is 0. The molecule has 1 aromatic heterocycles. The minimum atomic E-state index is -1.05. The van der Waals surface area contributed by atoms with E-state index >= 15 is 0 Å². The number of pyridine rings is 1. The summed E-state index contributed by atoms with van der Waals surface area (Å²) in [6.07, 6.45) is 2.28. The molecule has 7 nitrogen and oxygen atoms in total. The van der Waals surface area contributed by atoms with Gasteiger partial charge < -0.3 is 19.9 Å². The van der Waals surface area contributed by atoms with Gasteiger partial charge in [-0.3, -0.25) is 4.79 Å². The number of benzene rings is 1. The summed E-state index contributed by atoms with van der Waals surface area (Å²) < 4.78 is 11.0. The molecule has 2 aromatic rings. The van der Waals surface area contributed by atoms with Crippen LogP contribution in [0.2, 0.25) is 0 Å². The van der Waals surface area contributed by atoms with Gasteiger partial charge in [-0.05, 0) is 36.2 Å². The monoisotopic (exact) mass is 358 g/mol. The molecule has 0 bridgehead atoms. The average Bonchev–Trinajstić information content (AvgIpc) is 2.65. The van der Waals surface area contributed by atoms with Gasteiger partial charge in [0, 0.05) is 12.3 Å². The van der Waals surface area contributed by atoms with Crippen molar-refractivity contribution in [3.05, 3.63) is 48.7 Å². The largest absolute Gasteiger partial charge is 0.484 e. The summed E-state index contributed by atoms with van der Waals surface area (Å²) in [6, 6.07) is 11.1. The van der Waals surface area contributed by atoms with E-state index in [2.05, 4.69) is 10.3 Å². The summed E-state index contributed by atoms with van der Waals surface area (Å²) in [6.45, 7) is 3.39. The van der Waals surface area contributed by atoms with Gasteiger partial charge in [-0.1, -0.05) is 26.3 Å². The summed E-state index contributed by atoms with van der Waals surface area (Å²) in [5, 5.41) is 11.7. The molecule has 1 heterocycles. The second kappa shape index (κ2) is 9.41. The number of carbonyl (C=O) groups is 2. The predicted octanol–water partition coefficient (Wildman–Crippen LogP) is 2.87. The molecule has 1 amide bonds. The number of aliphatic carboxylic acids is 1. The topological polar surface area (TPSA) is 97.8 Å². The molecule has 0 spiro atoms. The van der Waals surface area contributed by atoms with Crippen LogP contribution in [0.1, 0.15) is 20.3 Å². The lowest BCUT2D eigenvalue weighted by Gasteiger charge is -2.20. The molecule has 0 aliphatic rings. The smallest absolute Gasteiger partial charge is 0.326 e. The molecule has 0 aliphatic heterocycles. The maximum absolute atomic E-state index is 11.9. The zero-order valence-electron chi connectivity index (χ0n) is 14.7. The first-order valence-electron chi connectivity index (χ1n) is 8.33. The van der Waals surface area contributed by atoms with Gasteiger partial charge in [0.05, 0.1) is 0 Å². The van der Waals surface area contributed by atoms with Gasteiger partial charge in [-0.15, -0.1) is 0 Å². The second-order valence-electron chi connectivity index (χ2n) is 5.80.